The van der Waals surface area contributed by atoms with Crippen LogP contribution in [0.4, 0.5) is 0 Å². The van der Waals surface area contributed by atoms with Gasteiger partial charge in [-0.05, 0) is 50.7 Å². The van der Waals surface area contributed by atoms with Crippen molar-refractivity contribution >= 4 is 28.9 Å². The summed E-state index contributed by atoms with van der Waals surface area (Å²) in [6.45, 7) is 9.75. The second-order valence-corrected chi connectivity index (χ2v) is 11.0. The Balaban J connectivity index is 1.52. The zero-order valence-electron chi connectivity index (χ0n) is 22.0. The number of carbonyl (C=O) groups is 3. The molecular formula is C28H34N4O4S. The number of hydrogen-bond donors (Lipinski definition) is 1. The number of aryl methyl sites for hydroxylation is 2. The van der Waals surface area contributed by atoms with Crippen molar-refractivity contribution in [1.29, 1.82) is 0 Å². The Morgan fingerprint density at radius 2 is 1.92 bits per heavy atom. The van der Waals surface area contributed by atoms with Crippen LogP contribution in [0.15, 0.2) is 40.4 Å². The number of rotatable bonds is 9. The van der Waals surface area contributed by atoms with E-state index in [-0.39, 0.29) is 29.9 Å². The van der Waals surface area contributed by atoms with Crippen LogP contribution in [0.5, 0.6) is 0 Å². The van der Waals surface area contributed by atoms with Crippen LogP contribution in [0.3, 0.4) is 0 Å². The minimum Gasteiger partial charge on any atom is -0.360 e. The summed E-state index contributed by atoms with van der Waals surface area (Å²) in [5.41, 5.74) is 5.40. The van der Waals surface area contributed by atoms with Crippen LogP contribution in [0.1, 0.15) is 74.7 Å². The molecule has 1 saturated heterocycles. The third-order valence-electron chi connectivity index (χ3n) is 6.85. The van der Waals surface area contributed by atoms with Crippen LogP contribution in [-0.2, 0) is 14.4 Å². The first-order chi connectivity index (χ1) is 17.7. The predicted molar refractivity (Wildman–Crippen MR) is 142 cm³/mol. The summed E-state index contributed by atoms with van der Waals surface area (Å²) in [6.07, 6.45) is 1.50. The number of hydrogen-bond acceptors (Lipinski definition) is 7. The largest absolute Gasteiger partial charge is 0.360 e. The van der Waals surface area contributed by atoms with Crippen molar-refractivity contribution in [3.8, 4) is 10.4 Å². The lowest BCUT2D eigenvalue weighted by Crippen LogP contribution is -2.48. The second-order valence-electron chi connectivity index (χ2n) is 10.1. The SMILES string of the molecule is CC(=O)C[C@H](NC(=O)[C@@H]1CCCN1C(=O)[C@@H](c1cc(C)no1)C(C)C)c1ccc(-c2scnc2C)cc1. The highest BCUT2D eigenvalue weighted by Gasteiger charge is 2.40. The Kier molecular flexibility index (Phi) is 8.22. The lowest BCUT2D eigenvalue weighted by Gasteiger charge is -2.30. The molecule has 8 nitrogen and oxygen atoms in total. The Morgan fingerprint density at radius 1 is 1.19 bits per heavy atom. The summed E-state index contributed by atoms with van der Waals surface area (Å²) >= 11 is 1.58. The highest BCUT2D eigenvalue weighted by Crippen LogP contribution is 2.32. The van der Waals surface area contributed by atoms with E-state index in [2.05, 4.69) is 15.5 Å². The standard InChI is InChI=1S/C28H34N4O4S/c1-16(2)25(24-13-17(3)31-36-24)28(35)32-12-6-7-23(32)27(34)30-22(14-18(4)33)20-8-10-21(11-9-20)26-19(5)29-15-37-26/h8-11,13,15-16,22-23,25H,6-7,12,14H2,1-5H3,(H,30,34)/t22-,23-,25+/m0/s1. The molecule has 0 bridgehead atoms. The molecule has 37 heavy (non-hydrogen) atoms. The van der Waals surface area contributed by atoms with Crippen molar-refractivity contribution in [3.05, 3.63) is 58.6 Å². The molecule has 9 heteroatoms. The van der Waals surface area contributed by atoms with Crippen molar-refractivity contribution in [1.82, 2.24) is 20.4 Å². The normalized spacial score (nSPS) is 17.1. The van der Waals surface area contributed by atoms with E-state index in [1.807, 2.05) is 57.5 Å². The molecule has 3 atom stereocenters. The molecule has 3 heterocycles. The van der Waals surface area contributed by atoms with Gasteiger partial charge in [0.2, 0.25) is 11.8 Å². The number of amides is 2. The number of nitrogens with zero attached hydrogens (tertiary/aromatic N) is 3. The van der Waals surface area contributed by atoms with Gasteiger partial charge in [-0.2, -0.15) is 0 Å². The van der Waals surface area contributed by atoms with Gasteiger partial charge in [-0.15, -0.1) is 11.3 Å². The fourth-order valence-corrected chi connectivity index (χ4v) is 5.81. The van der Waals surface area contributed by atoms with Gasteiger partial charge in [-0.25, -0.2) is 4.98 Å². The van der Waals surface area contributed by atoms with E-state index in [1.165, 1.54) is 6.92 Å². The zero-order valence-corrected chi connectivity index (χ0v) is 22.8. The summed E-state index contributed by atoms with van der Waals surface area (Å²) in [7, 11) is 0. The van der Waals surface area contributed by atoms with Crippen LogP contribution in [0, 0.1) is 19.8 Å². The number of nitrogens with one attached hydrogen (secondary N) is 1. The molecule has 2 aromatic heterocycles. The maximum atomic E-state index is 13.6. The average Bonchev–Trinajstić information content (AvgIpc) is 3.59. The molecule has 3 aromatic rings. The first kappa shape index (κ1) is 26.7. The van der Waals surface area contributed by atoms with E-state index in [1.54, 1.807) is 22.3 Å². The van der Waals surface area contributed by atoms with Crippen molar-refractivity contribution < 1.29 is 18.9 Å². The van der Waals surface area contributed by atoms with Gasteiger partial charge < -0.3 is 14.7 Å². The Hall–Kier alpha value is -3.33. The summed E-state index contributed by atoms with van der Waals surface area (Å²) in [4.78, 5) is 46.3. The van der Waals surface area contributed by atoms with E-state index < -0.39 is 18.0 Å². The maximum absolute atomic E-state index is 13.6. The van der Waals surface area contributed by atoms with E-state index in [4.69, 9.17) is 4.52 Å². The van der Waals surface area contributed by atoms with Gasteiger partial charge >= 0.3 is 0 Å². The lowest BCUT2D eigenvalue weighted by atomic mass is 9.91. The van der Waals surface area contributed by atoms with Gasteiger partial charge in [0.15, 0.2) is 0 Å². The third-order valence-corrected chi connectivity index (χ3v) is 7.83. The molecule has 0 saturated carbocycles. The number of benzene rings is 1. The summed E-state index contributed by atoms with van der Waals surface area (Å²) in [6, 6.07) is 8.60. The van der Waals surface area contributed by atoms with Gasteiger partial charge in [0.25, 0.3) is 0 Å². The predicted octanol–water partition coefficient (Wildman–Crippen LogP) is 4.98. The van der Waals surface area contributed by atoms with Crippen LogP contribution in [0.2, 0.25) is 0 Å². The molecule has 1 aromatic carbocycles. The van der Waals surface area contributed by atoms with Crippen LogP contribution in [0.25, 0.3) is 10.4 Å². The smallest absolute Gasteiger partial charge is 0.243 e. The maximum Gasteiger partial charge on any atom is 0.243 e. The van der Waals surface area contributed by atoms with Crippen molar-refractivity contribution in [3.63, 3.8) is 0 Å². The van der Waals surface area contributed by atoms with E-state index >= 15 is 0 Å². The van der Waals surface area contributed by atoms with Gasteiger partial charge in [0.05, 0.1) is 27.8 Å². The zero-order chi connectivity index (χ0) is 26.7. The topological polar surface area (TPSA) is 105 Å². The number of Topliss-reactive ketones (excluding diaryl/α,β-unsaturated/α-hetero) is 1. The van der Waals surface area contributed by atoms with Gasteiger partial charge in [0.1, 0.15) is 23.5 Å². The molecule has 1 aliphatic heterocycles. The molecular weight excluding hydrogens is 488 g/mol. The molecule has 2 amide bonds. The molecule has 196 valence electrons. The van der Waals surface area contributed by atoms with Crippen molar-refractivity contribution in [2.75, 3.05) is 6.54 Å². The monoisotopic (exact) mass is 522 g/mol. The van der Waals surface area contributed by atoms with Gasteiger partial charge in [0, 0.05) is 19.0 Å². The first-order valence-electron chi connectivity index (χ1n) is 12.7. The molecule has 0 unspecified atom stereocenters. The van der Waals surface area contributed by atoms with E-state index in [0.717, 1.165) is 28.1 Å². The fourth-order valence-electron chi connectivity index (χ4n) is 5.00. The van der Waals surface area contributed by atoms with Crippen LogP contribution >= 0.6 is 11.3 Å². The molecule has 0 aliphatic carbocycles. The molecule has 1 fully saturated rings. The highest BCUT2D eigenvalue weighted by atomic mass is 32.1. The summed E-state index contributed by atoms with van der Waals surface area (Å²) < 4.78 is 5.44. The number of likely N-dealkylation sites (tertiary alicyclic amines) is 1. The second kappa shape index (κ2) is 11.4. The first-order valence-corrected chi connectivity index (χ1v) is 13.6. The molecule has 4 rings (SSSR count). The minimum absolute atomic E-state index is 0.0182. The quantitative estimate of drug-likeness (QED) is 0.425. The van der Waals surface area contributed by atoms with E-state index in [9.17, 15) is 14.4 Å². The minimum atomic E-state index is -0.591. The number of carbonyl (C=O) groups excluding carboxylic acids is 3. The summed E-state index contributed by atoms with van der Waals surface area (Å²) in [5.74, 6) is -0.394. The lowest BCUT2D eigenvalue weighted by molar-refractivity contribution is -0.141. The number of aromatic nitrogens is 2. The molecule has 0 spiro atoms. The molecule has 1 N–H and O–H groups in total. The fraction of sp³-hybridized carbons (Fsp3) is 0.464. The number of thiazole rings is 1. The highest BCUT2D eigenvalue weighted by molar-refractivity contribution is 7.13. The number of ketones is 1. The average molecular weight is 523 g/mol. The van der Waals surface area contributed by atoms with Crippen molar-refractivity contribution in [2.45, 2.75) is 71.9 Å². The third kappa shape index (κ3) is 5.98. The van der Waals surface area contributed by atoms with Crippen molar-refractivity contribution in [2.24, 2.45) is 5.92 Å². The van der Waals surface area contributed by atoms with E-state index in [0.29, 0.717) is 24.4 Å². The van der Waals surface area contributed by atoms with Crippen LogP contribution in [-0.4, -0.2) is 45.2 Å². The molecule has 1 aliphatic rings. The summed E-state index contributed by atoms with van der Waals surface area (Å²) in [5, 5.41) is 7.02. The van der Waals surface area contributed by atoms with Crippen LogP contribution < -0.4 is 5.32 Å². The van der Waals surface area contributed by atoms with Gasteiger partial charge in [-0.1, -0.05) is 43.3 Å². The molecule has 0 radical (unpaired) electrons. The van der Waals surface area contributed by atoms with Gasteiger partial charge in [-0.3, -0.25) is 14.4 Å². The Morgan fingerprint density at radius 3 is 2.49 bits per heavy atom. The Bertz CT molecular complexity index is 1260. The Labute approximate surface area is 221 Å².